The van der Waals surface area contributed by atoms with Gasteiger partial charge in [-0.3, -0.25) is 4.79 Å². The molecule has 0 aliphatic heterocycles. The Morgan fingerprint density at radius 2 is 1.80 bits per heavy atom. The number of carbonyl (C=O) groups is 1. The maximum atomic E-state index is 12.3. The number of carbonyl (C=O) groups excluding carboxylic acids is 1. The fourth-order valence-electron chi connectivity index (χ4n) is 3.26. The van der Waals surface area contributed by atoms with Crippen molar-refractivity contribution in [2.45, 2.75) is 24.7 Å². The van der Waals surface area contributed by atoms with Crippen molar-refractivity contribution in [3.8, 4) is 0 Å². The maximum Gasteiger partial charge on any atom is 0.313 e. The molecule has 0 fully saturated rings. The van der Waals surface area contributed by atoms with Crippen molar-refractivity contribution >= 4 is 5.97 Å². The van der Waals surface area contributed by atoms with Crippen molar-refractivity contribution in [2.24, 2.45) is 0 Å². The quantitative estimate of drug-likeness (QED) is 0.792. The van der Waals surface area contributed by atoms with E-state index in [4.69, 9.17) is 4.74 Å². The number of rotatable bonds is 3. The first-order valence-corrected chi connectivity index (χ1v) is 7.02. The Morgan fingerprint density at radius 1 is 1.10 bits per heavy atom. The van der Waals surface area contributed by atoms with E-state index in [1.165, 1.54) is 18.2 Å². The van der Waals surface area contributed by atoms with E-state index < -0.39 is 0 Å². The lowest BCUT2D eigenvalue weighted by Gasteiger charge is -2.22. The maximum absolute atomic E-state index is 12.3. The Hall–Kier alpha value is -2.09. The van der Waals surface area contributed by atoms with Crippen LogP contribution >= 0.6 is 0 Å². The van der Waals surface area contributed by atoms with E-state index in [9.17, 15) is 4.79 Å². The van der Waals surface area contributed by atoms with Crippen LogP contribution in [0.5, 0.6) is 0 Å². The Kier molecular flexibility index (Phi) is 3.55. The molecule has 0 radical (unpaired) electrons. The van der Waals surface area contributed by atoms with Gasteiger partial charge in [0, 0.05) is 5.92 Å². The minimum atomic E-state index is -0.204. The van der Waals surface area contributed by atoms with Gasteiger partial charge in [0.2, 0.25) is 0 Å². The zero-order valence-electron chi connectivity index (χ0n) is 11.6. The molecule has 2 aromatic carbocycles. The van der Waals surface area contributed by atoms with Crippen LogP contribution in [-0.4, -0.2) is 13.1 Å². The van der Waals surface area contributed by atoms with Crippen LogP contribution in [0, 0.1) is 0 Å². The molecule has 0 heterocycles. The number of methoxy groups -OCH3 is 1. The van der Waals surface area contributed by atoms with E-state index in [2.05, 4.69) is 24.3 Å². The van der Waals surface area contributed by atoms with Crippen LogP contribution in [-0.2, 0) is 16.0 Å². The summed E-state index contributed by atoms with van der Waals surface area (Å²) in [4.78, 5) is 12.3. The van der Waals surface area contributed by atoms with Crippen LogP contribution in [0.1, 0.15) is 34.9 Å². The van der Waals surface area contributed by atoms with E-state index in [0.717, 1.165) is 18.4 Å². The summed E-state index contributed by atoms with van der Waals surface area (Å²) < 4.78 is 5.06. The van der Waals surface area contributed by atoms with Gasteiger partial charge in [0.25, 0.3) is 0 Å². The molecule has 2 atom stereocenters. The van der Waals surface area contributed by atoms with Crippen LogP contribution in [0.15, 0.2) is 54.6 Å². The molecule has 2 heteroatoms. The second-order valence-corrected chi connectivity index (χ2v) is 5.26. The molecule has 2 nitrogen and oxygen atoms in total. The minimum absolute atomic E-state index is 0.141. The van der Waals surface area contributed by atoms with Gasteiger partial charge >= 0.3 is 5.97 Å². The summed E-state index contributed by atoms with van der Waals surface area (Å²) in [5, 5.41) is 0. The molecule has 20 heavy (non-hydrogen) atoms. The average Bonchev–Trinajstić information content (AvgIpc) is 2.92. The standard InChI is InChI=1S/C18H18O2/c1-20-18(19)17(14-8-3-2-4-9-14)16-12-11-13-7-5-6-10-15(13)16/h2-10,16-17H,11-12H2,1H3/t16-,17-/m0/s1. The summed E-state index contributed by atoms with van der Waals surface area (Å²) in [7, 11) is 1.47. The van der Waals surface area contributed by atoms with Gasteiger partial charge in [-0.2, -0.15) is 0 Å². The van der Waals surface area contributed by atoms with Crippen LogP contribution in [0.2, 0.25) is 0 Å². The molecule has 0 saturated heterocycles. The Balaban J connectivity index is 2.02. The van der Waals surface area contributed by atoms with E-state index in [1.807, 2.05) is 30.3 Å². The monoisotopic (exact) mass is 266 g/mol. The first-order chi connectivity index (χ1) is 9.81. The number of hydrogen-bond donors (Lipinski definition) is 0. The first-order valence-electron chi connectivity index (χ1n) is 7.02. The summed E-state index contributed by atoms with van der Waals surface area (Å²) in [6.07, 6.45) is 2.05. The molecule has 0 N–H and O–H groups in total. The largest absolute Gasteiger partial charge is 0.469 e. The van der Waals surface area contributed by atoms with Gasteiger partial charge in [-0.1, -0.05) is 54.6 Å². The second kappa shape index (κ2) is 5.49. The molecule has 0 unspecified atom stereocenters. The fraction of sp³-hybridized carbons (Fsp3) is 0.278. The molecule has 1 aliphatic rings. The Labute approximate surface area is 119 Å². The summed E-state index contributed by atoms with van der Waals surface area (Å²) >= 11 is 0. The number of ether oxygens (including phenoxy) is 1. The summed E-state index contributed by atoms with van der Waals surface area (Å²) in [5.41, 5.74) is 3.70. The molecule has 0 saturated carbocycles. The van der Waals surface area contributed by atoms with Gasteiger partial charge in [0.1, 0.15) is 0 Å². The van der Waals surface area contributed by atoms with Gasteiger partial charge < -0.3 is 4.74 Å². The number of esters is 1. The van der Waals surface area contributed by atoms with E-state index >= 15 is 0 Å². The fourth-order valence-corrected chi connectivity index (χ4v) is 3.26. The normalized spacial score (nSPS) is 18.4. The number of fused-ring (bicyclic) bond motifs is 1. The highest BCUT2D eigenvalue weighted by molar-refractivity contribution is 5.79. The van der Waals surface area contributed by atoms with Gasteiger partial charge in [-0.25, -0.2) is 0 Å². The highest BCUT2D eigenvalue weighted by Gasteiger charge is 2.35. The summed E-state index contributed by atoms with van der Waals surface area (Å²) in [6.45, 7) is 0. The number of hydrogen-bond acceptors (Lipinski definition) is 2. The molecule has 3 rings (SSSR count). The predicted octanol–water partition coefficient (Wildman–Crippen LogP) is 3.67. The molecular weight excluding hydrogens is 248 g/mol. The van der Waals surface area contributed by atoms with E-state index in [0.29, 0.717) is 0 Å². The van der Waals surface area contributed by atoms with Gasteiger partial charge in [0.05, 0.1) is 13.0 Å². The lowest BCUT2D eigenvalue weighted by atomic mass is 9.82. The van der Waals surface area contributed by atoms with Gasteiger partial charge in [-0.05, 0) is 29.5 Å². The SMILES string of the molecule is COC(=O)[C@@H](c1ccccc1)[C@H]1CCc2ccccc21. The van der Waals surface area contributed by atoms with Crippen molar-refractivity contribution in [3.05, 3.63) is 71.3 Å². The van der Waals surface area contributed by atoms with Gasteiger partial charge in [-0.15, -0.1) is 0 Å². The van der Waals surface area contributed by atoms with Gasteiger partial charge in [0.15, 0.2) is 0 Å². The number of benzene rings is 2. The zero-order chi connectivity index (χ0) is 13.9. The third kappa shape index (κ3) is 2.22. The Morgan fingerprint density at radius 3 is 2.55 bits per heavy atom. The first kappa shape index (κ1) is 12.9. The van der Waals surface area contributed by atoms with Crippen LogP contribution in [0.3, 0.4) is 0 Å². The molecule has 2 aromatic rings. The van der Waals surface area contributed by atoms with Crippen molar-refractivity contribution < 1.29 is 9.53 Å². The Bertz CT molecular complexity index is 604. The summed E-state index contributed by atoms with van der Waals surface area (Å²) in [5.74, 6) is -0.121. The predicted molar refractivity (Wildman–Crippen MR) is 78.7 cm³/mol. The summed E-state index contributed by atoms with van der Waals surface area (Å²) in [6, 6.07) is 18.4. The smallest absolute Gasteiger partial charge is 0.313 e. The molecule has 1 aliphatic carbocycles. The topological polar surface area (TPSA) is 26.3 Å². The van der Waals surface area contributed by atoms with E-state index in [1.54, 1.807) is 0 Å². The minimum Gasteiger partial charge on any atom is -0.469 e. The molecule has 0 bridgehead atoms. The lowest BCUT2D eigenvalue weighted by Crippen LogP contribution is -2.20. The van der Waals surface area contributed by atoms with Crippen molar-refractivity contribution in [1.29, 1.82) is 0 Å². The third-order valence-electron chi connectivity index (χ3n) is 4.20. The molecule has 0 spiro atoms. The number of aryl methyl sites for hydroxylation is 1. The molecular formula is C18H18O2. The van der Waals surface area contributed by atoms with E-state index in [-0.39, 0.29) is 17.8 Å². The second-order valence-electron chi connectivity index (χ2n) is 5.26. The van der Waals surface area contributed by atoms with Crippen molar-refractivity contribution in [3.63, 3.8) is 0 Å². The lowest BCUT2D eigenvalue weighted by molar-refractivity contribution is -0.143. The van der Waals surface area contributed by atoms with Crippen molar-refractivity contribution in [2.75, 3.05) is 7.11 Å². The average molecular weight is 266 g/mol. The van der Waals surface area contributed by atoms with Crippen molar-refractivity contribution in [1.82, 2.24) is 0 Å². The highest BCUT2D eigenvalue weighted by Crippen LogP contribution is 2.43. The van der Waals surface area contributed by atoms with Crippen LogP contribution < -0.4 is 0 Å². The van der Waals surface area contributed by atoms with Crippen LogP contribution in [0.25, 0.3) is 0 Å². The zero-order valence-corrected chi connectivity index (χ0v) is 11.6. The molecule has 102 valence electrons. The third-order valence-corrected chi connectivity index (χ3v) is 4.20. The molecule has 0 aromatic heterocycles. The highest BCUT2D eigenvalue weighted by atomic mass is 16.5. The van der Waals surface area contributed by atoms with Crippen LogP contribution in [0.4, 0.5) is 0 Å². The molecule has 0 amide bonds.